The number of nitrogens with zero attached hydrogens (tertiary/aromatic N) is 4. The summed E-state index contributed by atoms with van der Waals surface area (Å²) in [5.74, 6) is 0.397. The van der Waals surface area contributed by atoms with E-state index in [-0.39, 0.29) is 11.7 Å². The molecule has 9 nitrogen and oxygen atoms in total. The van der Waals surface area contributed by atoms with Gasteiger partial charge in [-0.05, 0) is 73.6 Å². The fraction of sp³-hybridized carbons (Fsp3) is 0.226. The Hall–Kier alpha value is -4.76. The number of nitrogens with one attached hydrogen (secondary N) is 1. The highest BCUT2D eigenvalue weighted by Crippen LogP contribution is 2.35. The number of aliphatic hydroxyl groups is 1. The maximum Gasteiger partial charge on any atom is 0.267 e. The van der Waals surface area contributed by atoms with Crippen LogP contribution in [0.5, 0.6) is 0 Å². The molecule has 0 bridgehead atoms. The van der Waals surface area contributed by atoms with Gasteiger partial charge in [0.25, 0.3) is 11.5 Å². The third kappa shape index (κ3) is 4.99. The van der Waals surface area contributed by atoms with E-state index in [9.17, 15) is 14.7 Å². The van der Waals surface area contributed by atoms with Crippen LogP contribution in [0.2, 0.25) is 0 Å². The maximum absolute atomic E-state index is 13.0. The fourth-order valence-corrected chi connectivity index (χ4v) is 5.50. The number of nitrogens with two attached hydrogens (primary N) is 1. The van der Waals surface area contributed by atoms with Crippen molar-refractivity contribution in [2.45, 2.75) is 38.3 Å². The number of amides is 1. The summed E-state index contributed by atoms with van der Waals surface area (Å²) in [7, 11) is 0. The van der Waals surface area contributed by atoms with Gasteiger partial charge in [0.15, 0.2) is 0 Å². The highest BCUT2D eigenvalue weighted by atomic mass is 16.3. The van der Waals surface area contributed by atoms with Gasteiger partial charge in [-0.3, -0.25) is 14.2 Å². The van der Waals surface area contributed by atoms with E-state index in [1.165, 1.54) is 17.0 Å². The molecule has 5 aromatic rings. The predicted molar refractivity (Wildman–Crippen MR) is 155 cm³/mol. The molecule has 3 heterocycles. The van der Waals surface area contributed by atoms with Crippen LogP contribution in [0.15, 0.2) is 90.2 Å². The van der Waals surface area contributed by atoms with E-state index in [0.29, 0.717) is 23.1 Å². The monoisotopic (exact) mass is 534 g/mol. The lowest BCUT2D eigenvalue weighted by atomic mass is 9.87. The molecule has 1 fully saturated rings. The van der Waals surface area contributed by atoms with Gasteiger partial charge >= 0.3 is 0 Å². The highest BCUT2D eigenvalue weighted by Gasteiger charge is 2.22. The Morgan fingerprint density at radius 1 is 0.975 bits per heavy atom. The van der Waals surface area contributed by atoms with Crippen LogP contribution in [-0.2, 0) is 6.54 Å². The summed E-state index contributed by atoms with van der Waals surface area (Å²) in [6.07, 6.45) is 8.59. The van der Waals surface area contributed by atoms with Crippen molar-refractivity contribution < 1.29 is 9.90 Å². The zero-order valence-corrected chi connectivity index (χ0v) is 21.9. The third-order valence-corrected chi connectivity index (χ3v) is 7.63. The van der Waals surface area contributed by atoms with Crippen LogP contribution >= 0.6 is 0 Å². The molecule has 6 rings (SSSR count). The fourth-order valence-electron chi connectivity index (χ4n) is 5.50. The SMILES string of the molecule is Nc1ncnc2c1c(-c1ccc(NC(=O)c3cccn(-c4ccccc4)c3=O)cc1)cn2CC1CCC(O)CC1. The molecule has 4 N–H and O–H groups in total. The quantitative estimate of drug-likeness (QED) is 0.291. The van der Waals surface area contributed by atoms with E-state index in [1.54, 1.807) is 24.4 Å². The molecule has 202 valence electrons. The molecule has 0 unspecified atom stereocenters. The molecule has 1 saturated carbocycles. The first kappa shape index (κ1) is 25.5. The number of carbonyl (C=O) groups is 1. The molecule has 0 aliphatic heterocycles. The van der Waals surface area contributed by atoms with Crippen molar-refractivity contribution in [3.63, 3.8) is 0 Å². The van der Waals surface area contributed by atoms with Gasteiger partial charge in [0, 0.05) is 35.9 Å². The molecule has 40 heavy (non-hydrogen) atoms. The van der Waals surface area contributed by atoms with Crippen LogP contribution in [-0.4, -0.2) is 36.2 Å². The standard InChI is InChI=1S/C31H30N6O3/c32-28-27-26(18-36(29(27)34-19-33-28)17-20-8-14-24(38)15-9-20)21-10-12-22(13-11-21)35-30(39)25-7-4-16-37(31(25)40)23-5-2-1-3-6-23/h1-7,10-13,16,18-20,24,38H,8-9,14-15,17H2,(H,35,39)(H2,32,33,34). The summed E-state index contributed by atoms with van der Waals surface area (Å²) in [5, 5.41) is 13.5. The van der Waals surface area contributed by atoms with Crippen molar-refractivity contribution in [3.05, 3.63) is 101 Å². The number of hydrogen-bond donors (Lipinski definition) is 3. The number of fused-ring (bicyclic) bond motifs is 1. The van der Waals surface area contributed by atoms with E-state index in [2.05, 4.69) is 26.0 Å². The van der Waals surface area contributed by atoms with Gasteiger partial charge in [-0.2, -0.15) is 0 Å². The van der Waals surface area contributed by atoms with Crippen molar-refractivity contribution in [2.75, 3.05) is 11.1 Å². The molecule has 3 aromatic heterocycles. The molecule has 1 aliphatic carbocycles. The molecule has 1 amide bonds. The first-order chi connectivity index (χ1) is 19.5. The number of aliphatic hydroxyl groups excluding tert-OH is 1. The second kappa shape index (κ2) is 10.8. The Labute approximate surface area is 230 Å². The summed E-state index contributed by atoms with van der Waals surface area (Å²) in [6, 6.07) is 19.8. The molecule has 0 saturated heterocycles. The minimum Gasteiger partial charge on any atom is -0.393 e. The Balaban J connectivity index is 1.25. The van der Waals surface area contributed by atoms with E-state index in [1.807, 2.05) is 42.5 Å². The van der Waals surface area contributed by atoms with Crippen molar-refractivity contribution in [1.29, 1.82) is 0 Å². The number of pyridine rings is 1. The largest absolute Gasteiger partial charge is 0.393 e. The lowest BCUT2D eigenvalue weighted by Crippen LogP contribution is -2.27. The minimum atomic E-state index is -0.477. The molecule has 0 atom stereocenters. The van der Waals surface area contributed by atoms with Crippen molar-refractivity contribution in [3.8, 4) is 16.8 Å². The van der Waals surface area contributed by atoms with E-state index in [4.69, 9.17) is 5.73 Å². The average molecular weight is 535 g/mol. The maximum atomic E-state index is 13.0. The third-order valence-electron chi connectivity index (χ3n) is 7.63. The Morgan fingerprint density at radius 3 is 2.48 bits per heavy atom. The van der Waals surface area contributed by atoms with Crippen LogP contribution in [0, 0.1) is 5.92 Å². The first-order valence-electron chi connectivity index (χ1n) is 13.4. The Morgan fingerprint density at radius 2 is 1.73 bits per heavy atom. The molecule has 1 aliphatic rings. The normalized spacial score (nSPS) is 17.1. The van der Waals surface area contributed by atoms with Crippen LogP contribution in [0.25, 0.3) is 27.8 Å². The number of rotatable bonds is 6. The molecule has 2 aromatic carbocycles. The van der Waals surface area contributed by atoms with Gasteiger partial charge in [0.2, 0.25) is 0 Å². The number of aromatic nitrogens is 4. The van der Waals surface area contributed by atoms with Crippen molar-refractivity contribution >= 4 is 28.4 Å². The van der Waals surface area contributed by atoms with E-state index < -0.39 is 11.5 Å². The smallest absolute Gasteiger partial charge is 0.267 e. The van der Waals surface area contributed by atoms with Crippen LogP contribution < -0.4 is 16.6 Å². The van der Waals surface area contributed by atoms with Crippen LogP contribution in [0.3, 0.4) is 0 Å². The summed E-state index contributed by atoms with van der Waals surface area (Å²) in [6.45, 7) is 0.797. The zero-order chi connectivity index (χ0) is 27.6. The van der Waals surface area contributed by atoms with Crippen LogP contribution in [0.1, 0.15) is 36.0 Å². The minimum absolute atomic E-state index is 0.0543. The molecule has 9 heteroatoms. The lowest BCUT2D eigenvalue weighted by Gasteiger charge is -2.25. The second-order valence-electron chi connectivity index (χ2n) is 10.3. The van der Waals surface area contributed by atoms with Crippen molar-refractivity contribution in [1.82, 2.24) is 19.1 Å². The summed E-state index contributed by atoms with van der Waals surface area (Å²) >= 11 is 0. The van der Waals surface area contributed by atoms with Gasteiger partial charge in [0.05, 0.1) is 11.5 Å². The second-order valence-corrected chi connectivity index (χ2v) is 10.3. The topological polar surface area (TPSA) is 128 Å². The molecular formula is C31H30N6O3. The van der Waals surface area contributed by atoms with Gasteiger partial charge in [-0.1, -0.05) is 30.3 Å². The van der Waals surface area contributed by atoms with Gasteiger partial charge < -0.3 is 20.7 Å². The summed E-state index contributed by atoms with van der Waals surface area (Å²) < 4.78 is 3.59. The average Bonchev–Trinajstić information content (AvgIpc) is 3.34. The Kier molecular flexibility index (Phi) is 6.88. The van der Waals surface area contributed by atoms with Crippen LogP contribution in [0.4, 0.5) is 11.5 Å². The van der Waals surface area contributed by atoms with E-state index >= 15 is 0 Å². The Bertz CT molecular complexity index is 1720. The number of anilines is 2. The molecule has 0 spiro atoms. The lowest BCUT2D eigenvalue weighted by molar-refractivity contribution is 0.102. The van der Waals surface area contributed by atoms with Gasteiger partial charge in [-0.25, -0.2) is 9.97 Å². The number of para-hydroxylation sites is 1. The first-order valence-corrected chi connectivity index (χ1v) is 13.4. The van der Waals surface area contributed by atoms with Crippen molar-refractivity contribution in [2.24, 2.45) is 5.92 Å². The highest BCUT2D eigenvalue weighted by molar-refractivity contribution is 6.04. The number of carbonyl (C=O) groups excluding carboxylic acids is 1. The van der Waals surface area contributed by atoms with Gasteiger partial charge in [0.1, 0.15) is 23.4 Å². The summed E-state index contributed by atoms with van der Waals surface area (Å²) in [4.78, 5) is 34.8. The van der Waals surface area contributed by atoms with Gasteiger partial charge in [-0.15, -0.1) is 0 Å². The molecular weight excluding hydrogens is 504 g/mol. The molecule has 0 radical (unpaired) electrons. The zero-order valence-electron chi connectivity index (χ0n) is 21.9. The number of hydrogen-bond acceptors (Lipinski definition) is 6. The predicted octanol–water partition coefficient (Wildman–Crippen LogP) is 4.63. The summed E-state index contributed by atoms with van der Waals surface area (Å²) in [5.41, 5.74) is 9.83. The number of benzene rings is 2. The van der Waals surface area contributed by atoms with E-state index in [0.717, 1.165) is 54.4 Å². The number of nitrogen functional groups attached to an aromatic ring is 1.